The zero-order valence-corrected chi connectivity index (χ0v) is 14.5. The Labute approximate surface area is 154 Å². The van der Waals surface area contributed by atoms with Crippen LogP contribution in [0.3, 0.4) is 0 Å². The van der Waals surface area contributed by atoms with Crippen molar-refractivity contribution < 1.29 is 14.3 Å². The van der Waals surface area contributed by atoms with Crippen molar-refractivity contribution >= 4 is 22.5 Å². The molecule has 4 rings (SSSR count). The molecule has 0 aliphatic heterocycles. The van der Waals surface area contributed by atoms with Crippen molar-refractivity contribution in [1.29, 1.82) is 0 Å². The van der Waals surface area contributed by atoms with Crippen molar-refractivity contribution in [3.05, 3.63) is 72.7 Å². The molecule has 0 unspecified atom stereocenters. The van der Waals surface area contributed by atoms with Crippen LogP contribution in [-0.2, 0) is 4.79 Å². The van der Waals surface area contributed by atoms with Gasteiger partial charge in [-0.2, -0.15) is 5.10 Å². The lowest BCUT2D eigenvalue weighted by atomic mass is 10.0. The number of carbonyl (C=O) groups is 1. The summed E-state index contributed by atoms with van der Waals surface area (Å²) in [6, 6.07) is 17.9. The van der Waals surface area contributed by atoms with Crippen LogP contribution >= 0.6 is 0 Å². The van der Waals surface area contributed by atoms with Crippen LogP contribution in [-0.4, -0.2) is 20.8 Å². The van der Waals surface area contributed by atoms with Gasteiger partial charge in [-0.15, -0.1) is 0 Å². The Balaban J connectivity index is 1.69. The highest BCUT2D eigenvalue weighted by Gasteiger charge is 2.10. The second-order valence-electron chi connectivity index (χ2n) is 6.23. The summed E-state index contributed by atoms with van der Waals surface area (Å²) in [7, 11) is 0. The summed E-state index contributed by atoms with van der Waals surface area (Å²) in [5.74, 6) is -1.19. The summed E-state index contributed by atoms with van der Waals surface area (Å²) in [5, 5.41) is 17.3. The van der Waals surface area contributed by atoms with Gasteiger partial charge in [-0.3, -0.25) is 4.79 Å². The standard InChI is InChI=1S/C21H16FN3O2/c1-13(26)24-17-4-2-3-15(9-17)14-5-7-18(8-6-14)25-20-11-21(27)19(22)10-16(20)12-23-25/h2-12,27H,1H3,(H,24,26). The second kappa shape index (κ2) is 6.57. The van der Waals surface area contributed by atoms with E-state index in [0.29, 0.717) is 10.9 Å². The van der Waals surface area contributed by atoms with Gasteiger partial charge in [0.1, 0.15) is 0 Å². The number of aromatic nitrogens is 2. The molecule has 0 spiro atoms. The highest BCUT2D eigenvalue weighted by atomic mass is 19.1. The van der Waals surface area contributed by atoms with Crippen molar-refractivity contribution in [1.82, 2.24) is 9.78 Å². The molecule has 0 fully saturated rings. The van der Waals surface area contributed by atoms with Crippen LogP contribution in [0.15, 0.2) is 66.9 Å². The number of hydrogen-bond donors (Lipinski definition) is 2. The summed E-state index contributed by atoms with van der Waals surface area (Å²) in [4.78, 5) is 11.2. The van der Waals surface area contributed by atoms with E-state index in [-0.39, 0.29) is 5.91 Å². The number of carbonyl (C=O) groups excluding carboxylic acids is 1. The molecule has 134 valence electrons. The van der Waals surface area contributed by atoms with Crippen LogP contribution in [0.2, 0.25) is 0 Å². The Morgan fingerprint density at radius 2 is 1.85 bits per heavy atom. The first kappa shape index (κ1) is 16.8. The molecule has 0 saturated heterocycles. The first-order valence-electron chi connectivity index (χ1n) is 8.36. The number of fused-ring (bicyclic) bond motifs is 1. The number of hydrogen-bond acceptors (Lipinski definition) is 3. The Bertz CT molecular complexity index is 1150. The van der Waals surface area contributed by atoms with E-state index in [0.717, 1.165) is 22.5 Å². The number of aromatic hydroxyl groups is 1. The molecule has 4 aromatic rings. The van der Waals surface area contributed by atoms with E-state index in [1.807, 2.05) is 48.5 Å². The van der Waals surface area contributed by atoms with Crippen LogP contribution in [0, 0.1) is 5.82 Å². The first-order valence-corrected chi connectivity index (χ1v) is 8.36. The van der Waals surface area contributed by atoms with Gasteiger partial charge in [0.25, 0.3) is 0 Å². The fourth-order valence-electron chi connectivity index (χ4n) is 3.02. The minimum absolute atomic E-state index is 0.118. The van der Waals surface area contributed by atoms with Gasteiger partial charge in [0.05, 0.1) is 17.4 Å². The van der Waals surface area contributed by atoms with Crippen LogP contribution < -0.4 is 5.32 Å². The molecule has 1 aromatic heterocycles. The van der Waals surface area contributed by atoms with E-state index in [1.165, 1.54) is 19.1 Å². The number of nitrogens with zero attached hydrogens (tertiary/aromatic N) is 2. The van der Waals surface area contributed by atoms with E-state index in [1.54, 1.807) is 10.9 Å². The molecule has 6 heteroatoms. The minimum Gasteiger partial charge on any atom is -0.505 e. The van der Waals surface area contributed by atoms with Gasteiger partial charge in [0.2, 0.25) is 5.91 Å². The number of benzene rings is 3. The van der Waals surface area contributed by atoms with Gasteiger partial charge in [-0.05, 0) is 41.5 Å². The lowest BCUT2D eigenvalue weighted by Gasteiger charge is -2.08. The Morgan fingerprint density at radius 3 is 2.59 bits per heavy atom. The molecule has 27 heavy (non-hydrogen) atoms. The molecule has 0 aliphatic rings. The summed E-state index contributed by atoms with van der Waals surface area (Å²) < 4.78 is 15.1. The van der Waals surface area contributed by atoms with E-state index >= 15 is 0 Å². The van der Waals surface area contributed by atoms with E-state index in [4.69, 9.17) is 0 Å². The third-order valence-corrected chi connectivity index (χ3v) is 4.26. The van der Waals surface area contributed by atoms with Crippen LogP contribution in [0.5, 0.6) is 5.75 Å². The average Bonchev–Trinajstić information content (AvgIpc) is 3.04. The van der Waals surface area contributed by atoms with Gasteiger partial charge in [0, 0.05) is 24.1 Å². The van der Waals surface area contributed by atoms with Gasteiger partial charge in [-0.1, -0.05) is 24.3 Å². The monoisotopic (exact) mass is 361 g/mol. The molecule has 1 heterocycles. The Hall–Kier alpha value is -3.67. The first-order chi connectivity index (χ1) is 13.0. The zero-order chi connectivity index (χ0) is 19.0. The fourth-order valence-corrected chi connectivity index (χ4v) is 3.02. The molecule has 2 N–H and O–H groups in total. The second-order valence-corrected chi connectivity index (χ2v) is 6.23. The molecule has 1 amide bonds. The van der Waals surface area contributed by atoms with Crippen LogP contribution in [0.4, 0.5) is 10.1 Å². The van der Waals surface area contributed by atoms with Gasteiger partial charge >= 0.3 is 0 Å². The number of phenolic OH excluding ortho intramolecular Hbond substituents is 1. The normalized spacial score (nSPS) is 10.9. The number of rotatable bonds is 3. The highest BCUT2D eigenvalue weighted by molar-refractivity contribution is 5.89. The molecule has 0 radical (unpaired) electrons. The Morgan fingerprint density at radius 1 is 1.07 bits per heavy atom. The van der Waals surface area contributed by atoms with Crippen molar-refractivity contribution in [2.45, 2.75) is 6.92 Å². The van der Waals surface area contributed by atoms with E-state index in [2.05, 4.69) is 10.4 Å². The van der Waals surface area contributed by atoms with Gasteiger partial charge in [-0.25, -0.2) is 9.07 Å². The summed E-state index contributed by atoms with van der Waals surface area (Å²) >= 11 is 0. The lowest BCUT2D eigenvalue weighted by Crippen LogP contribution is -2.05. The molecule has 0 aliphatic carbocycles. The van der Waals surface area contributed by atoms with Crippen molar-refractivity contribution in [2.75, 3.05) is 5.32 Å². The van der Waals surface area contributed by atoms with Gasteiger partial charge < -0.3 is 10.4 Å². The molecule has 0 bridgehead atoms. The average molecular weight is 361 g/mol. The van der Waals surface area contributed by atoms with Crippen molar-refractivity contribution in [2.24, 2.45) is 0 Å². The maximum absolute atomic E-state index is 13.5. The van der Waals surface area contributed by atoms with E-state index < -0.39 is 11.6 Å². The number of anilines is 1. The maximum atomic E-state index is 13.5. The number of nitrogens with one attached hydrogen (secondary N) is 1. The summed E-state index contributed by atoms with van der Waals surface area (Å²) in [6.45, 7) is 1.47. The third kappa shape index (κ3) is 3.25. The summed E-state index contributed by atoms with van der Waals surface area (Å²) in [6.07, 6.45) is 1.56. The number of amides is 1. The molecule has 3 aromatic carbocycles. The molecular weight excluding hydrogens is 345 g/mol. The predicted molar refractivity (Wildman–Crippen MR) is 102 cm³/mol. The number of halogens is 1. The quantitative estimate of drug-likeness (QED) is 0.565. The molecule has 0 atom stereocenters. The molecule has 0 saturated carbocycles. The lowest BCUT2D eigenvalue weighted by molar-refractivity contribution is -0.114. The van der Waals surface area contributed by atoms with Crippen molar-refractivity contribution in [3.8, 4) is 22.6 Å². The molecular formula is C21H16FN3O2. The van der Waals surface area contributed by atoms with E-state index in [9.17, 15) is 14.3 Å². The largest absolute Gasteiger partial charge is 0.505 e. The zero-order valence-electron chi connectivity index (χ0n) is 14.5. The maximum Gasteiger partial charge on any atom is 0.221 e. The van der Waals surface area contributed by atoms with Gasteiger partial charge in [0.15, 0.2) is 11.6 Å². The minimum atomic E-state index is -0.670. The topological polar surface area (TPSA) is 67.2 Å². The Kier molecular flexibility index (Phi) is 4.08. The predicted octanol–water partition coefficient (Wildman–Crippen LogP) is 4.50. The molecule has 5 nitrogen and oxygen atoms in total. The van der Waals surface area contributed by atoms with Crippen LogP contribution in [0.1, 0.15) is 6.92 Å². The number of phenols is 1. The summed E-state index contributed by atoms with van der Waals surface area (Å²) in [5.41, 5.74) is 4.10. The fraction of sp³-hybridized carbons (Fsp3) is 0.0476. The van der Waals surface area contributed by atoms with Crippen molar-refractivity contribution in [3.63, 3.8) is 0 Å². The highest BCUT2D eigenvalue weighted by Crippen LogP contribution is 2.27. The smallest absolute Gasteiger partial charge is 0.221 e. The SMILES string of the molecule is CC(=O)Nc1cccc(-c2ccc(-n3ncc4cc(F)c(O)cc43)cc2)c1. The third-order valence-electron chi connectivity index (χ3n) is 4.26. The van der Waals surface area contributed by atoms with Crippen LogP contribution in [0.25, 0.3) is 27.7 Å².